The van der Waals surface area contributed by atoms with E-state index in [0.29, 0.717) is 23.4 Å². The van der Waals surface area contributed by atoms with E-state index in [9.17, 15) is 14.0 Å². The summed E-state index contributed by atoms with van der Waals surface area (Å²) in [4.78, 5) is 26.0. The Morgan fingerprint density at radius 2 is 2.00 bits per heavy atom. The molecule has 1 heterocycles. The lowest BCUT2D eigenvalue weighted by Gasteiger charge is -2.39. The van der Waals surface area contributed by atoms with Crippen LogP contribution in [0.15, 0.2) is 18.2 Å². The van der Waals surface area contributed by atoms with Crippen LogP contribution in [-0.2, 0) is 16.1 Å². The average Bonchev–Trinajstić information content (AvgIpc) is 2.89. The molecule has 3 rings (SSSR count). The minimum atomic E-state index is -0.773. The first kappa shape index (κ1) is 14.3. The van der Waals surface area contributed by atoms with Crippen molar-refractivity contribution in [3.8, 4) is 0 Å². The molecule has 1 aromatic carbocycles. The van der Waals surface area contributed by atoms with E-state index >= 15 is 0 Å². The number of nitrogens with zero attached hydrogens (tertiary/aromatic N) is 1. The molecule has 21 heavy (non-hydrogen) atoms. The van der Waals surface area contributed by atoms with Crippen LogP contribution in [0.1, 0.15) is 31.2 Å². The monoisotopic (exact) mass is 310 g/mol. The summed E-state index contributed by atoms with van der Waals surface area (Å²) in [6.07, 6.45) is 3.16. The molecule has 1 aliphatic heterocycles. The summed E-state index contributed by atoms with van der Waals surface area (Å²) in [7, 11) is 0. The maximum atomic E-state index is 13.8. The second-order valence-electron chi connectivity index (χ2n) is 5.73. The number of carbonyl (C=O) groups excluding carboxylic acids is 2. The number of amides is 2. The van der Waals surface area contributed by atoms with Gasteiger partial charge in [-0.05, 0) is 31.0 Å². The number of carbonyl (C=O) groups is 2. The van der Waals surface area contributed by atoms with E-state index in [-0.39, 0.29) is 24.9 Å². The van der Waals surface area contributed by atoms with Gasteiger partial charge in [-0.1, -0.05) is 24.4 Å². The molecule has 0 bridgehead atoms. The lowest BCUT2D eigenvalue weighted by molar-refractivity contribution is -0.150. The Balaban J connectivity index is 1.85. The van der Waals surface area contributed by atoms with Gasteiger partial charge in [-0.25, -0.2) is 4.39 Å². The third-order valence-corrected chi connectivity index (χ3v) is 4.47. The fourth-order valence-electron chi connectivity index (χ4n) is 3.22. The number of hydrogen-bond donors (Lipinski definition) is 1. The van der Waals surface area contributed by atoms with Crippen LogP contribution in [0.4, 0.5) is 4.39 Å². The molecule has 1 aromatic rings. The van der Waals surface area contributed by atoms with Gasteiger partial charge in [0, 0.05) is 17.1 Å². The Morgan fingerprint density at radius 3 is 2.71 bits per heavy atom. The van der Waals surface area contributed by atoms with E-state index in [1.54, 1.807) is 0 Å². The van der Waals surface area contributed by atoms with Gasteiger partial charge >= 0.3 is 0 Å². The van der Waals surface area contributed by atoms with Crippen molar-refractivity contribution in [2.75, 3.05) is 6.54 Å². The van der Waals surface area contributed by atoms with Gasteiger partial charge in [0.15, 0.2) is 0 Å². The highest BCUT2D eigenvalue weighted by atomic mass is 35.5. The molecule has 1 aliphatic carbocycles. The smallest absolute Gasteiger partial charge is 0.249 e. The molecule has 2 amide bonds. The Labute approximate surface area is 127 Å². The number of halogens is 2. The summed E-state index contributed by atoms with van der Waals surface area (Å²) < 4.78 is 13.8. The van der Waals surface area contributed by atoms with Crippen molar-refractivity contribution in [2.45, 2.75) is 37.8 Å². The average molecular weight is 311 g/mol. The Morgan fingerprint density at radius 1 is 1.29 bits per heavy atom. The molecule has 6 heteroatoms. The normalized spacial score (nSPS) is 21.0. The molecular formula is C15H16ClFN2O2. The number of piperazine rings is 1. The molecule has 0 radical (unpaired) electrons. The zero-order chi connectivity index (χ0) is 15.0. The van der Waals surface area contributed by atoms with E-state index < -0.39 is 11.4 Å². The fourth-order valence-corrected chi connectivity index (χ4v) is 3.42. The summed E-state index contributed by atoms with van der Waals surface area (Å²) in [5, 5.41) is 3.25. The van der Waals surface area contributed by atoms with E-state index in [4.69, 9.17) is 11.6 Å². The molecule has 0 unspecified atom stereocenters. The molecule has 4 nitrogen and oxygen atoms in total. The summed E-state index contributed by atoms with van der Waals surface area (Å²) in [6, 6.07) is 4.24. The highest BCUT2D eigenvalue weighted by molar-refractivity contribution is 6.30. The lowest BCUT2D eigenvalue weighted by Crippen LogP contribution is -2.65. The summed E-state index contributed by atoms with van der Waals surface area (Å²) >= 11 is 5.87. The molecular weight excluding hydrogens is 295 g/mol. The van der Waals surface area contributed by atoms with Gasteiger partial charge < -0.3 is 10.2 Å². The van der Waals surface area contributed by atoms with Crippen molar-refractivity contribution in [3.05, 3.63) is 34.6 Å². The van der Waals surface area contributed by atoms with E-state index in [1.165, 1.54) is 23.1 Å². The van der Waals surface area contributed by atoms with Crippen molar-refractivity contribution < 1.29 is 14.0 Å². The van der Waals surface area contributed by atoms with E-state index in [1.807, 2.05) is 0 Å². The summed E-state index contributed by atoms with van der Waals surface area (Å²) in [6.45, 7) is 0.0347. The minimum Gasteiger partial charge on any atom is -0.340 e. The second kappa shape index (κ2) is 5.30. The van der Waals surface area contributed by atoms with Crippen molar-refractivity contribution in [1.29, 1.82) is 0 Å². The molecule has 2 aliphatic rings. The van der Waals surface area contributed by atoms with Crippen molar-refractivity contribution in [3.63, 3.8) is 0 Å². The third kappa shape index (κ3) is 2.62. The highest BCUT2D eigenvalue weighted by Crippen LogP contribution is 2.34. The Kier molecular flexibility index (Phi) is 3.61. The van der Waals surface area contributed by atoms with Crippen LogP contribution in [0.3, 0.4) is 0 Å². The second-order valence-corrected chi connectivity index (χ2v) is 6.17. The van der Waals surface area contributed by atoms with Gasteiger partial charge in [-0.2, -0.15) is 0 Å². The van der Waals surface area contributed by atoms with Crippen LogP contribution in [0.5, 0.6) is 0 Å². The Bertz CT molecular complexity index is 599. The molecule has 1 saturated heterocycles. The number of rotatable bonds is 2. The number of nitrogens with one attached hydrogen (secondary N) is 1. The van der Waals surface area contributed by atoms with Crippen molar-refractivity contribution >= 4 is 23.4 Å². The number of benzene rings is 1. The fraction of sp³-hybridized carbons (Fsp3) is 0.467. The molecule has 1 spiro atoms. The topological polar surface area (TPSA) is 49.4 Å². The zero-order valence-electron chi connectivity index (χ0n) is 11.5. The molecule has 0 atom stereocenters. The maximum absolute atomic E-state index is 13.8. The number of hydrogen-bond acceptors (Lipinski definition) is 2. The highest BCUT2D eigenvalue weighted by Gasteiger charge is 2.48. The van der Waals surface area contributed by atoms with Crippen LogP contribution < -0.4 is 5.32 Å². The van der Waals surface area contributed by atoms with Crippen LogP contribution in [-0.4, -0.2) is 28.8 Å². The zero-order valence-corrected chi connectivity index (χ0v) is 12.3. The largest absolute Gasteiger partial charge is 0.340 e. The van der Waals surface area contributed by atoms with Gasteiger partial charge in [0.1, 0.15) is 11.4 Å². The SMILES string of the molecule is O=C1CN(Cc2cc(Cl)ccc2F)C(=O)C2(CCCC2)N1. The van der Waals surface area contributed by atoms with Gasteiger partial charge in [0.25, 0.3) is 0 Å². The molecule has 112 valence electrons. The van der Waals surface area contributed by atoms with Crippen LogP contribution in [0.2, 0.25) is 5.02 Å². The van der Waals surface area contributed by atoms with Gasteiger partial charge in [-0.15, -0.1) is 0 Å². The maximum Gasteiger partial charge on any atom is 0.249 e. The molecule has 1 saturated carbocycles. The van der Waals surface area contributed by atoms with E-state index in [0.717, 1.165) is 12.8 Å². The van der Waals surface area contributed by atoms with Crippen molar-refractivity contribution in [1.82, 2.24) is 10.2 Å². The van der Waals surface area contributed by atoms with Gasteiger partial charge in [0.05, 0.1) is 6.54 Å². The summed E-state index contributed by atoms with van der Waals surface area (Å²) in [5.41, 5.74) is -0.441. The first-order chi connectivity index (χ1) is 10.00. The standard InChI is InChI=1S/C15H16ClFN2O2/c16-11-3-4-12(17)10(7-11)8-19-9-13(20)18-15(14(19)21)5-1-2-6-15/h3-4,7H,1-2,5-6,8-9H2,(H,18,20). The van der Waals surface area contributed by atoms with Crippen LogP contribution in [0.25, 0.3) is 0 Å². The van der Waals surface area contributed by atoms with Gasteiger partial charge in [-0.3, -0.25) is 9.59 Å². The minimum absolute atomic E-state index is 0.0352. The van der Waals surface area contributed by atoms with Crippen LogP contribution in [0, 0.1) is 5.82 Å². The van der Waals surface area contributed by atoms with Crippen molar-refractivity contribution in [2.24, 2.45) is 0 Å². The quantitative estimate of drug-likeness (QED) is 0.911. The van der Waals surface area contributed by atoms with Crippen LogP contribution >= 0.6 is 11.6 Å². The molecule has 1 N–H and O–H groups in total. The summed E-state index contributed by atoms with van der Waals surface area (Å²) in [5.74, 6) is -0.712. The molecule has 0 aromatic heterocycles. The lowest BCUT2D eigenvalue weighted by atomic mass is 9.93. The third-order valence-electron chi connectivity index (χ3n) is 4.24. The molecule has 2 fully saturated rings. The first-order valence-electron chi connectivity index (χ1n) is 7.04. The predicted octanol–water partition coefficient (Wildman–Crippen LogP) is 2.25. The Hall–Kier alpha value is -1.62. The van der Waals surface area contributed by atoms with Gasteiger partial charge in [0.2, 0.25) is 11.8 Å². The predicted molar refractivity (Wildman–Crippen MR) is 76.2 cm³/mol. The van der Waals surface area contributed by atoms with E-state index in [2.05, 4.69) is 5.32 Å². The first-order valence-corrected chi connectivity index (χ1v) is 7.42.